The van der Waals surface area contributed by atoms with Crippen molar-refractivity contribution in [1.82, 2.24) is 15.0 Å². The van der Waals surface area contributed by atoms with Gasteiger partial charge in [0.15, 0.2) is 0 Å². The molecule has 2 fully saturated rings. The van der Waals surface area contributed by atoms with Gasteiger partial charge in [-0.1, -0.05) is 108 Å². The number of unbranched alkanes of at least 4 members (excludes halogenated alkanes) is 15. The summed E-state index contributed by atoms with van der Waals surface area (Å²) in [6.07, 6.45) is 39.4. The number of pyridine rings is 2. The van der Waals surface area contributed by atoms with Crippen molar-refractivity contribution in [3.8, 4) is 0 Å². The minimum atomic E-state index is 0.503. The summed E-state index contributed by atoms with van der Waals surface area (Å²) in [5, 5.41) is 2.44. The fraction of sp³-hybridized carbons (Fsp3) is 0.730. The van der Waals surface area contributed by atoms with Crippen molar-refractivity contribution < 1.29 is 4.84 Å². The smallest absolute Gasteiger partial charge is 0.0837 e. The number of fused-ring (bicyclic) bond motifs is 1. The van der Waals surface area contributed by atoms with Crippen molar-refractivity contribution in [1.29, 1.82) is 0 Å². The van der Waals surface area contributed by atoms with Gasteiger partial charge in [-0.3, -0.25) is 14.8 Å². The van der Waals surface area contributed by atoms with Crippen LogP contribution in [0.15, 0.2) is 49.1 Å². The molecule has 0 amide bonds. The van der Waals surface area contributed by atoms with Crippen LogP contribution in [-0.2, 0) is 17.7 Å². The maximum Gasteiger partial charge on any atom is 0.0837 e. The number of hydroxylamine groups is 2. The molecule has 2 aliphatic rings. The first-order valence-electron chi connectivity index (χ1n) is 17.6. The van der Waals surface area contributed by atoms with Crippen LogP contribution in [0.5, 0.6) is 0 Å². The van der Waals surface area contributed by atoms with E-state index in [1.807, 2.05) is 30.9 Å². The zero-order valence-corrected chi connectivity index (χ0v) is 26.1. The van der Waals surface area contributed by atoms with Gasteiger partial charge in [0, 0.05) is 43.3 Å². The van der Waals surface area contributed by atoms with E-state index in [0.717, 1.165) is 18.5 Å². The number of aryl methyl sites for hydroxylation is 2. The van der Waals surface area contributed by atoms with Crippen LogP contribution in [-0.4, -0.2) is 33.7 Å². The van der Waals surface area contributed by atoms with Crippen molar-refractivity contribution in [3.63, 3.8) is 0 Å². The molecular formula is C37H59N3O. The summed E-state index contributed by atoms with van der Waals surface area (Å²) < 4.78 is 0. The average Bonchev–Trinajstić information content (AvgIpc) is 3.62. The standard InChI is InChI=1S/C37H59N3O/c1(2-4-6-10-14-21-33-23-19-28-38-31-33)3-5-9-13-17-30-40-36-26-18-25-35(36)37(41-40)27-16-12-8-7-11-15-22-34-24-20-29-39-32-34/h19-20,23-24,28-29,31-32,35-37H,1-18,21-22,25-27,30H2. The zero-order valence-electron chi connectivity index (χ0n) is 26.1. The largest absolute Gasteiger partial charge is 0.295 e. The summed E-state index contributed by atoms with van der Waals surface area (Å²) in [6, 6.07) is 9.22. The summed E-state index contributed by atoms with van der Waals surface area (Å²) in [5.74, 6) is 0.810. The Morgan fingerprint density at radius 1 is 0.610 bits per heavy atom. The predicted octanol–water partition coefficient (Wildman–Crippen LogP) is 10.1. The van der Waals surface area contributed by atoms with Crippen molar-refractivity contribution >= 4 is 0 Å². The second-order valence-corrected chi connectivity index (χ2v) is 13.0. The van der Waals surface area contributed by atoms with Gasteiger partial charge in [-0.2, -0.15) is 5.06 Å². The molecule has 4 heteroatoms. The molecule has 228 valence electrons. The Labute approximate surface area is 252 Å². The Morgan fingerprint density at radius 3 is 1.66 bits per heavy atom. The Balaban J connectivity index is 0.930. The van der Waals surface area contributed by atoms with E-state index in [1.54, 1.807) is 0 Å². The molecule has 2 aromatic heterocycles. The number of hydrogen-bond acceptors (Lipinski definition) is 4. The highest BCUT2D eigenvalue weighted by Crippen LogP contribution is 2.41. The number of nitrogens with zero attached hydrogens (tertiary/aromatic N) is 3. The lowest BCUT2D eigenvalue weighted by atomic mass is 9.93. The van der Waals surface area contributed by atoms with Gasteiger partial charge in [-0.25, -0.2) is 0 Å². The minimum Gasteiger partial charge on any atom is -0.295 e. The van der Waals surface area contributed by atoms with Gasteiger partial charge in [-0.15, -0.1) is 0 Å². The van der Waals surface area contributed by atoms with Crippen molar-refractivity contribution in [2.45, 2.75) is 160 Å². The fourth-order valence-electron chi connectivity index (χ4n) is 7.24. The van der Waals surface area contributed by atoms with Crippen molar-refractivity contribution in [3.05, 3.63) is 60.2 Å². The Morgan fingerprint density at radius 2 is 1.12 bits per heavy atom. The molecule has 3 heterocycles. The number of hydrogen-bond donors (Lipinski definition) is 0. The van der Waals surface area contributed by atoms with E-state index < -0.39 is 0 Å². The Hall–Kier alpha value is -1.78. The molecule has 0 N–H and O–H groups in total. The first kappa shape index (κ1) is 32.1. The molecule has 1 aliphatic heterocycles. The first-order chi connectivity index (χ1) is 20.4. The van der Waals surface area contributed by atoms with Gasteiger partial charge >= 0.3 is 0 Å². The lowest BCUT2D eigenvalue weighted by molar-refractivity contribution is -0.167. The van der Waals surface area contributed by atoms with Gasteiger partial charge in [0.2, 0.25) is 0 Å². The lowest BCUT2D eigenvalue weighted by Crippen LogP contribution is -2.29. The maximum atomic E-state index is 6.57. The summed E-state index contributed by atoms with van der Waals surface area (Å²) >= 11 is 0. The van der Waals surface area contributed by atoms with Crippen LogP contribution < -0.4 is 0 Å². The fourth-order valence-corrected chi connectivity index (χ4v) is 7.24. The number of aromatic nitrogens is 2. The molecule has 0 radical (unpaired) electrons. The van der Waals surface area contributed by atoms with Crippen LogP contribution in [0.4, 0.5) is 0 Å². The highest BCUT2D eigenvalue weighted by molar-refractivity contribution is 5.08. The van der Waals surface area contributed by atoms with Gasteiger partial charge in [0.1, 0.15) is 0 Å². The second kappa shape index (κ2) is 20.2. The molecule has 3 atom stereocenters. The summed E-state index contributed by atoms with van der Waals surface area (Å²) in [4.78, 5) is 15.0. The van der Waals surface area contributed by atoms with Crippen LogP contribution in [0.25, 0.3) is 0 Å². The third kappa shape index (κ3) is 12.5. The zero-order chi connectivity index (χ0) is 28.2. The predicted molar refractivity (Wildman–Crippen MR) is 172 cm³/mol. The Kier molecular flexibility index (Phi) is 15.8. The maximum absolute atomic E-state index is 6.57. The van der Waals surface area contributed by atoms with E-state index in [2.05, 4.69) is 33.2 Å². The quantitative estimate of drug-likeness (QED) is 0.127. The SMILES string of the molecule is c1cncc(CCCCCCCCCCCCCN2OC(CCCCCCCCc3cccnc3)C3CCCC32)c1. The second-order valence-electron chi connectivity index (χ2n) is 13.0. The molecule has 2 aromatic rings. The van der Waals surface area contributed by atoms with Crippen molar-refractivity contribution in [2.24, 2.45) is 5.92 Å². The van der Waals surface area contributed by atoms with E-state index in [1.165, 1.54) is 159 Å². The van der Waals surface area contributed by atoms with Crippen LogP contribution in [0.2, 0.25) is 0 Å². The van der Waals surface area contributed by atoms with Crippen LogP contribution >= 0.6 is 0 Å². The highest BCUT2D eigenvalue weighted by atomic mass is 16.7. The molecule has 0 aromatic carbocycles. The van der Waals surface area contributed by atoms with Gasteiger partial charge in [0.25, 0.3) is 0 Å². The van der Waals surface area contributed by atoms with Gasteiger partial charge < -0.3 is 0 Å². The molecule has 1 saturated carbocycles. The average molecular weight is 562 g/mol. The van der Waals surface area contributed by atoms with E-state index in [0.29, 0.717) is 6.10 Å². The van der Waals surface area contributed by atoms with E-state index in [4.69, 9.17) is 4.84 Å². The monoisotopic (exact) mass is 561 g/mol. The molecule has 3 unspecified atom stereocenters. The highest BCUT2D eigenvalue weighted by Gasteiger charge is 2.44. The topological polar surface area (TPSA) is 38.2 Å². The van der Waals surface area contributed by atoms with E-state index >= 15 is 0 Å². The van der Waals surface area contributed by atoms with Gasteiger partial charge in [0.05, 0.1) is 6.10 Å². The lowest BCUT2D eigenvalue weighted by Gasteiger charge is -2.21. The van der Waals surface area contributed by atoms with Gasteiger partial charge in [-0.05, 0) is 74.6 Å². The molecule has 1 saturated heterocycles. The Bertz CT molecular complexity index is 892. The van der Waals surface area contributed by atoms with Crippen LogP contribution in [0.1, 0.15) is 146 Å². The minimum absolute atomic E-state index is 0.503. The molecule has 41 heavy (non-hydrogen) atoms. The van der Waals surface area contributed by atoms with E-state index in [-0.39, 0.29) is 0 Å². The molecular weight excluding hydrogens is 502 g/mol. The summed E-state index contributed by atoms with van der Waals surface area (Å²) in [6.45, 7) is 1.16. The van der Waals surface area contributed by atoms with Crippen LogP contribution in [0, 0.1) is 5.92 Å². The molecule has 4 nitrogen and oxygen atoms in total. The molecule has 0 bridgehead atoms. The third-order valence-corrected chi connectivity index (χ3v) is 9.64. The van der Waals surface area contributed by atoms with Crippen molar-refractivity contribution in [2.75, 3.05) is 6.54 Å². The summed E-state index contributed by atoms with van der Waals surface area (Å²) in [7, 11) is 0. The molecule has 1 aliphatic carbocycles. The third-order valence-electron chi connectivity index (χ3n) is 9.64. The molecule has 4 rings (SSSR count). The van der Waals surface area contributed by atoms with Crippen LogP contribution in [0.3, 0.4) is 0 Å². The summed E-state index contributed by atoms with van der Waals surface area (Å²) in [5.41, 5.74) is 2.77. The first-order valence-corrected chi connectivity index (χ1v) is 17.6. The number of rotatable bonds is 23. The molecule has 0 spiro atoms. The normalized spacial score (nSPS) is 20.5. The van der Waals surface area contributed by atoms with E-state index in [9.17, 15) is 0 Å².